The number of anilines is 1. The number of likely N-dealkylation sites (N-methyl/N-ethyl adjacent to an activating group) is 1. The van der Waals surface area contributed by atoms with E-state index < -0.39 is 10.0 Å². The zero-order valence-corrected chi connectivity index (χ0v) is 20.2. The van der Waals surface area contributed by atoms with Crippen molar-refractivity contribution in [3.63, 3.8) is 0 Å². The van der Waals surface area contributed by atoms with E-state index >= 15 is 0 Å². The van der Waals surface area contributed by atoms with Crippen LogP contribution in [0.2, 0.25) is 0 Å². The van der Waals surface area contributed by atoms with Crippen LogP contribution in [0.5, 0.6) is 11.5 Å². The van der Waals surface area contributed by atoms with Gasteiger partial charge in [0.15, 0.2) is 5.96 Å². The van der Waals surface area contributed by atoms with Crippen molar-refractivity contribution in [3.8, 4) is 11.5 Å². The Morgan fingerprint density at radius 1 is 1.10 bits per heavy atom. The first-order valence-corrected chi connectivity index (χ1v) is 11.2. The predicted octanol–water partition coefficient (Wildman–Crippen LogP) is 4.21. The summed E-state index contributed by atoms with van der Waals surface area (Å²) in [6, 6.07) is 20.1. The molecule has 0 fully saturated rings. The molecule has 0 bridgehead atoms. The molecule has 0 aliphatic carbocycles. The Labute approximate surface area is 197 Å². The normalized spacial score (nSPS) is 11.7. The SMILES string of the molecule is CN(CCN=C(N)Nc1cccc(Oc2ccccc2)c1)S(=O)(=O)c1cccs1.I. The fourth-order valence-electron chi connectivity index (χ4n) is 2.44. The molecule has 3 N–H and O–H groups in total. The van der Waals surface area contributed by atoms with Gasteiger partial charge in [-0.2, -0.15) is 4.31 Å². The molecule has 2 aromatic carbocycles. The van der Waals surface area contributed by atoms with Gasteiger partial charge in [0, 0.05) is 25.3 Å². The lowest BCUT2D eigenvalue weighted by Crippen LogP contribution is -2.30. The summed E-state index contributed by atoms with van der Waals surface area (Å²) in [5, 5.41) is 4.72. The Bertz CT molecular complexity index is 1060. The molecule has 3 rings (SSSR count). The van der Waals surface area contributed by atoms with Gasteiger partial charge in [-0.15, -0.1) is 35.3 Å². The molecule has 0 atom stereocenters. The first kappa shape index (κ1) is 24.1. The average molecular weight is 558 g/mol. The van der Waals surface area contributed by atoms with Crippen LogP contribution in [0.3, 0.4) is 0 Å². The van der Waals surface area contributed by atoms with Gasteiger partial charge in [-0.3, -0.25) is 4.99 Å². The third-order valence-electron chi connectivity index (χ3n) is 3.94. The van der Waals surface area contributed by atoms with Crippen LogP contribution in [0.1, 0.15) is 0 Å². The van der Waals surface area contributed by atoms with Gasteiger partial charge >= 0.3 is 0 Å². The summed E-state index contributed by atoms with van der Waals surface area (Å²) in [6.07, 6.45) is 0. The topological polar surface area (TPSA) is 97.0 Å². The zero-order chi connectivity index (χ0) is 20.7. The number of para-hydroxylation sites is 1. The maximum absolute atomic E-state index is 12.4. The van der Waals surface area contributed by atoms with Crippen molar-refractivity contribution in [3.05, 3.63) is 72.1 Å². The number of aliphatic imine (C=N–C) groups is 1. The largest absolute Gasteiger partial charge is 0.457 e. The average Bonchev–Trinajstić information content (AvgIpc) is 3.24. The number of guanidine groups is 1. The van der Waals surface area contributed by atoms with Gasteiger partial charge in [-0.25, -0.2) is 8.42 Å². The van der Waals surface area contributed by atoms with E-state index in [1.807, 2.05) is 54.6 Å². The summed E-state index contributed by atoms with van der Waals surface area (Å²) >= 11 is 1.19. The minimum atomic E-state index is -3.48. The van der Waals surface area contributed by atoms with Crippen molar-refractivity contribution >= 4 is 57.0 Å². The molecule has 10 heteroatoms. The minimum absolute atomic E-state index is 0. The second-order valence-corrected chi connectivity index (χ2v) is 9.31. The second-order valence-electron chi connectivity index (χ2n) is 6.09. The van der Waals surface area contributed by atoms with Crippen LogP contribution >= 0.6 is 35.3 Å². The van der Waals surface area contributed by atoms with Crippen molar-refractivity contribution in [2.45, 2.75) is 4.21 Å². The summed E-state index contributed by atoms with van der Waals surface area (Å²) in [6.45, 7) is 0.458. The Morgan fingerprint density at radius 3 is 2.53 bits per heavy atom. The number of nitrogens with two attached hydrogens (primary N) is 1. The number of nitrogens with zero attached hydrogens (tertiary/aromatic N) is 2. The van der Waals surface area contributed by atoms with Crippen molar-refractivity contribution < 1.29 is 13.2 Å². The van der Waals surface area contributed by atoms with Crippen LogP contribution in [0.4, 0.5) is 5.69 Å². The van der Waals surface area contributed by atoms with Gasteiger partial charge < -0.3 is 15.8 Å². The zero-order valence-electron chi connectivity index (χ0n) is 16.3. The lowest BCUT2D eigenvalue weighted by Gasteiger charge is -2.15. The van der Waals surface area contributed by atoms with E-state index in [2.05, 4.69) is 10.3 Å². The molecule has 0 amide bonds. The molecular formula is C20H23IN4O3S2. The van der Waals surface area contributed by atoms with Gasteiger partial charge in [0.2, 0.25) is 0 Å². The summed E-state index contributed by atoms with van der Waals surface area (Å²) in [7, 11) is -1.96. The number of halogens is 1. The first-order chi connectivity index (χ1) is 13.9. The fraction of sp³-hybridized carbons (Fsp3) is 0.150. The summed E-state index contributed by atoms with van der Waals surface area (Å²) in [5.41, 5.74) is 6.65. The van der Waals surface area contributed by atoms with Gasteiger partial charge in [-0.05, 0) is 35.7 Å². The molecule has 0 radical (unpaired) electrons. The number of sulfonamides is 1. The molecule has 0 saturated heterocycles. The third-order valence-corrected chi connectivity index (χ3v) is 7.17. The maximum Gasteiger partial charge on any atom is 0.252 e. The summed E-state index contributed by atoms with van der Waals surface area (Å²) < 4.78 is 32.1. The van der Waals surface area contributed by atoms with Gasteiger partial charge in [0.1, 0.15) is 15.7 Å². The van der Waals surface area contributed by atoms with E-state index in [1.165, 1.54) is 22.7 Å². The van der Waals surface area contributed by atoms with E-state index in [9.17, 15) is 8.42 Å². The molecule has 1 heterocycles. The lowest BCUT2D eigenvalue weighted by molar-refractivity contribution is 0.478. The highest BCUT2D eigenvalue weighted by atomic mass is 127. The number of hydrogen-bond donors (Lipinski definition) is 2. The van der Waals surface area contributed by atoms with Crippen molar-refractivity contribution in [2.24, 2.45) is 10.7 Å². The molecule has 0 unspecified atom stereocenters. The van der Waals surface area contributed by atoms with Crippen molar-refractivity contribution in [1.29, 1.82) is 0 Å². The van der Waals surface area contributed by atoms with E-state index in [4.69, 9.17) is 10.5 Å². The van der Waals surface area contributed by atoms with Crippen LogP contribution in [-0.4, -0.2) is 38.8 Å². The molecule has 160 valence electrons. The number of thiophene rings is 1. The van der Waals surface area contributed by atoms with Gasteiger partial charge in [-0.1, -0.05) is 30.3 Å². The second kappa shape index (κ2) is 11.3. The molecular weight excluding hydrogens is 535 g/mol. The Kier molecular flexibility index (Phi) is 9.08. The molecule has 0 spiro atoms. The summed E-state index contributed by atoms with van der Waals surface area (Å²) in [4.78, 5) is 4.21. The van der Waals surface area contributed by atoms with Gasteiger partial charge in [0.25, 0.3) is 10.0 Å². The molecule has 0 aliphatic rings. The third kappa shape index (κ3) is 6.69. The van der Waals surface area contributed by atoms with E-state index in [0.717, 1.165) is 11.4 Å². The predicted molar refractivity (Wildman–Crippen MR) is 133 cm³/mol. The van der Waals surface area contributed by atoms with Crippen LogP contribution in [-0.2, 0) is 10.0 Å². The monoisotopic (exact) mass is 558 g/mol. The van der Waals surface area contributed by atoms with Crippen LogP contribution < -0.4 is 15.8 Å². The van der Waals surface area contributed by atoms with Crippen LogP contribution in [0.15, 0.2) is 81.3 Å². The highest BCUT2D eigenvalue weighted by Gasteiger charge is 2.20. The number of rotatable bonds is 8. The van der Waals surface area contributed by atoms with E-state index in [0.29, 0.717) is 9.96 Å². The number of hydrogen-bond acceptors (Lipinski definition) is 5. The highest BCUT2D eigenvalue weighted by Crippen LogP contribution is 2.23. The number of ether oxygens (including phenoxy) is 1. The smallest absolute Gasteiger partial charge is 0.252 e. The van der Waals surface area contributed by atoms with E-state index in [-0.39, 0.29) is 43.0 Å². The maximum atomic E-state index is 12.4. The van der Waals surface area contributed by atoms with Crippen molar-refractivity contribution in [2.75, 3.05) is 25.5 Å². The Balaban J connectivity index is 0.00000320. The minimum Gasteiger partial charge on any atom is -0.457 e. The summed E-state index contributed by atoms with van der Waals surface area (Å²) in [5.74, 6) is 1.60. The lowest BCUT2D eigenvalue weighted by atomic mass is 10.3. The number of nitrogens with one attached hydrogen (secondary N) is 1. The molecule has 3 aromatic rings. The quantitative estimate of drug-likeness (QED) is 0.246. The van der Waals surface area contributed by atoms with Crippen LogP contribution in [0.25, 0.3) is 0 Å². The molecule has 0 aliphatic heterocycles. The standard InChI is InChI=1S/C20H22N4O3S2.HI/c1-24(29(25,26)19-11-6-14-28-19)13-12-22-20(21)23-16-7-5-10-18(15-16)27-17-8-3-2-4-9-17;/h2-11,14-15H,12-13H2,1H3,(H3,21,22,23);1H. The first-order valence-electron chi connectivity index (χ1n) is 8.85. The van der Waals surface area contributed by atoms with Crippen LogP contribution in [0, 0.1) is 0 Å². The molecule has 1 aromatic heterocycles. The Hall–Kier alpha value is -2.15. The fourth-order valence-corrected chi connectivity index (χ4v) is 4.81. The van der Waals surface area contributed by atoms with E-state index in [1.54, 1.807) is 17.5 Å². The molecule has 0 saturated carbocycles. The van der Waals surface area contributed by atoms with Crippen molar-refractivity contribution in [1.82, 2.24) is 4.31 Å². The van der Waals surface area contributed by atoms with Gasteiger partial charge in [0.05, 0.1) is 6.54 Å². The molecule has 7 nitrogen and oxygen atoms in total. The molecule has 30 heavy (non-hydrogen) atoms. The Morgan fingerprint density at radius 2 is 1.83 bits per heavy atom. The highest BCUT2D eigenvalue weighted by molar-refractivity contribution is 14.0. The number of benzene rings is 2.